The van der Waals surface area contributed by atoms with E-state index in [2.05, 4.69) is 5.32 Å². The van der Waals surface area contributed by atoms with Gasteiger partial charge in [-0.05, 0) is 54.7 Å². The van der Waals surface area contributed by atoms with Gasteiger partial charge in [0.25, 0.3) is 0 Å². The Balaban J connectivity index is 1.87. The van der Waals surface area contributed by atoms with Crippen molar-refractivity contribution < 1.29 is 18.0 Å². The molecule has 3 aromatic rings. The predicted octanol–water partition coefficient (Wildman–Crippen LogP) is 4.89. The summed E-state index contributed by atoms with van der Waals surface area (Å²) in [5, 5.41) is 3.20. The Bertz CT molecular complexity index is 1400. The van der Waals surface area contributed by atoms with E-state index in [1.807, 2.05) is 74.5 Å². The van der Waals surface area contributed by atoms with E-state index in [0.29, 0.717) is 17.1 Å². The first kappa shape index (κ1) is 30.2. The Morgan fingerprint density at radius 2 is 1.62 bits per heavy atom. The van der Waals surface area contributed by atoms with Crippen molar-refractivity contribution in [1.82, 2.24) is 10.2 Å². The van der Waals surface area contributed by atoms with Crippen LogP contribution < -0.4 is 9.62 Å². The molecule has 2 amide bonds. The summed E-state index contributed by atoms with van der Waals surface area (Å²) in [5.74, 6) is -0.540. The van der Waals surface area contributed by atoms with E-state index in [9.17, 15) is 18.0 Å². The second-order valence-electron chi connectivity index (χ2n) is 9.59. The zero-order valence-electron chi connectivity index (χ0n) is 22.9. The van der Waals surface area contributed by atoms with Gasteiger partial charge in [0.05, 0.1) is 11.9 Å². The second-order valence-corrected chi connectivity index (χ2v) is 11.9. The number of nitrogens with one attached hydrogen (secondary N) is 1. The topological polar surface area (TPSA) is 86.8 Å². The number of hydrogen-bond acceptors (Lipinski definition) is 4. The number of nitrogens with zero attached hydrogens (tertiary/aromatic N) is 2. The van der Waals surface area contributed by atoms with Crippen LogP contribution in [0.2, 0.25) is 5.02 Å². The number of carbonyl (C=O) groups excluding carboxylic acids is 2. The molecule has 3 aromatic carbocycles. The van der Waals surface area contributed by atoms with Gasteiger partial charge in [-0.2, -0.15) is 0 Å². The number of likely N-dealkylation sites (N-methyl/N-ethyl adjacent to an activating group) is 1. The van der Waals surface area contributed by atoms with Gasteiger partial charge in [0.15, 0.2) is 0 Å². The molecule has 0 aliphatic carbocycles. The smallest absolute Gasteiger partial charge is 0.242 e. The van der Waals surface area contributed by atoms with E-state index in [1.165, 1.54) is 10.6 Å². The number of rotatable bonds is 12. The molecule has 0 radical (unpaired) electrons. The number of anilines is 1. The molecule has 3 rings (SSSR count). The Kier molecular flexibility index (Phi) is 10.5. The Labute approximate surface area is 236 Å². The van der Waals surface area contributed by atoms with Crippen molar-refractivity contribution in [3.8, 4) is 0 Å². The minimum absolute atomic E-state index is 0.0591. The van der Waals surface area contributed by atoms with Crippen molar-refractivity contribution in [2.75, 3.05) is 24.2 Å². The van der Waals surface area contributed by atoms with E-state index < -0.39 is 16.1 Å². The second kappa shape index (κ2) is 13.6. The van der Waals surface area contributed by atoms with Crippen molar-refractivity contribution >= 4 is 39.1 Å². The van der Waals surface area contributed by atoms with Crippen LogP contribution >= 0.6 is 11.6 Å². The molecule has 7 nitrogen and oxygen atoms in total. The fourth-order valence-electron chi connectivity index (χ4n) is 4.52. The molecule has 0 spiro atoms. The van der Waals surface area contributed by atoms with E-state index in [4.69, 9.17) is 11.6 Å². The summed E-state index contributed by atoms with van der Waals surface area (Å²) >= 11 is 6.43. The van der Waals surface area contributed by atoms with Crippen LogP contribution in [0, 0.1) is 13.8 Å². The van der Waals surface area contributed by atoms with E-state index >= 15 is 0 Å². The van der Waals surface area contributed by atoms with Crippen molar-refractivity contribution in [1.29, 1.82) is 0 Å². The molecule has 0 aliphatic heterocycles. The fraction of sp³-hybridized carbons (Fsp3) is 0.333. The normalized spacial score (nSPS) is 12.0. The molecule has 1 unspecified atom stereocenters. The predicted molar refractivity (Wildman–Crippen MR) is 157 cm³/mol. The van der Waals surface area contributed by atoms with Crippen LogP contribution in [-0.2, 0) is 32.6 Å². The van der Waals surface area contributed by atoms with Gasteiger partial charge in [-0.3, -0.25) is 13.9 Å². The molecular weight excluding hydrogens is 534 g/mol. The summed E-state index contributed by atoms with van der Waals surface area (Å²) in [6, 6.07) is 21.5. The molecule has 39 heavy (non-hydrogen) atoms. The highest BCUT2D eigenvalue weighted by Crippen LogP contribution is 2.26. The van der Waals surface area contributed by atoms with Crippen LogP contribution in [0.3, 0.4) is 0 Å². The number of carbonyl (C=O) groups is 2. The molecule has 0 fully saturated rings. The van der Waals surface area contributed by atoms with Gasteiger partial charge in [0.2, 0.25) is 21.8 Å². The number of benzene rings is 3. The Hall–Kier alpha value is -3.36. The third-order valence-electron chi connectivity index (χ3n) is 6.81. The summed E-state index contributed by atoms with van der Waals surface area (Å²) in [5.41, 5.74) is 4.10. The minimum atomic E-state index is -3.58. The van der Waals surface area contributed by atoms with Gasteiger partial charge in [0, 0.05) is 38.0 Å². The van der Waals surface area contributed by atoms with Crippen LogP contribution in [0.1, 0.15) is 35.1 Å². The maximum Gasteiger partial charge on any atom is 0.242 e. The minimum Gasteiger partial charge on any atom is -0.357 e. The SMILES string of the molecule is CNC(=O)C(Cc1ccccc1)N(Cc1ccccc1Cl)C(=O)CCCN(c1cccc(C)c1C)S(C)(=O)=O. The van der Waals surface area contributed by atoms with Crippen LogP contribution in [0.5, 0.6) is 0 Å². The molecule has 0 bridgehead atoms. The third kappa shape index (κ3) is 8.07. The van der Waals surface area contributed by atoms with E-state index in [-0.39, 0.29) is 37.7 Å². The fourth-order valence-corrected chi connectivity index (χ4v) is 5.73. The summed E-state index contributed by atoms with van der Waals surface area (Å²) in [6.07, 6.45) is 1.84. The van der Waals surface area contributed by atoms with Gasteiger partial charge in [-0.25, -0.2) is 8.42 Å². The number of amides is 2. The maximum atomic E-state index is 13.7. The van der Waals surface area contributed by atoms with Crippen LogP contribution in [0.4, 0.5) is 5.69 Å². The molecule has 9 heteroatoms. The lowest BCUT2D eigenvalue weighted by Gasteiger charge is -2.32. The van der Waals surface area contributed by atoms with E-state index in [1.54, 1.807) is 24.1 Å². The summed E-state index contributed by atoms with van der Waals surface area (Å²) in [4.78, 5) is 28.4. The highest BCUT2D eigenvalue weighted by atomic mass is 35.5. The molecule has 1 N–H and O–H groups in total. The van der Waals surface area contributed by atoms with Gasteiger partial charge in [-0.1, -0.05) is 72.3 Å². The number of sulfonamides is 1. The van der Waals surface area contributed by atoms with Crippen LogP contribution in [0.15, 0.2) is 72.8 Å². The zero-order valence-corrected chi connectivity index (χ0v) is 24.4. The van der Waals surface area contributed by atoms with Gasteiger partial charge in [0.1, 0.15) is 6.04 Å². The number of halogens is 1. The monoisotopic (exact) mass is 569 g/mol. The third-order valence-corrected chi connectivity index (χ3v) is 8.36. The molecule has 0 saturated heterocycles. The van der Waals surface area contributed by atoms with Crippen molar-refractivity contribution in [2.45, 2.75) is 45.7 Å². The zero-order chi connectivity index (χ0) is 28.6. The highest BCUT2D eigenvalue weighted by molar-refractivity contribution is 7.92. The maximum absolute atomic E-state index is 13.7. The standard InChI is InChI=1S/C30H36ClN3O4S/c1-22-12-10-17-27(23(22)2)34(39(4,37)38)19-11-18-29(35)33(21-25-15-8-9-16-26(25)31)28(30(36)32-3)20-24-13-6-5-7-14-24/h5-10,12-17,28H,11,18-21H2,1-4H3,(H,32,36). The Morgan fingerprint density at radius 3 is 2.26 bits per heavy atom. The molecule has 0 aliphatic rings. The molecule has 1 atom stereocenters. The first-order chi connectivity index (χ1) is 18.5. The lowest BCUT2D eigenvalue weighted by molar-refractivity contribution is -0.141. The first-order valence-electron chi connectivity index (χ1n) is 12.8. The average molecular weight is 570 g/mol. The van der Waals surface area contributed by atoms with Crippen molar-refractivity contribution in [3.05, 3.63) is 100 Å². The first-order valence-corrected chi connectivity index (χ1v) is 15.1. The Morgan fingerprint density at radius 1 is 0.949 bits per heavy atom. The van der Waals surface area contributed by atoms with Gasteiger partial charge in [-0.15, -0.1) is 0 Å². The number of hydrogen-bond donors (Lipinski definition) is 1. The quantitative estimate of drug-likeness (QED) is 0.336. The average Bonchev–Trinajstić information content (AvgIpc) is 2.91. The van der Waals surface area contributed by atoms with Crippen molar-refractivity contribution in [2.24, 2.45) is 0 Å². The molecule has 0 aromatic heterocycles. The number of aryl methyl sites for hydroxylation is 1. The molecule has 0 saturated carbocycles. The van der Waals surface area contributed by atoms with Gasteiger partial charge >= 0.3 is 0 Å². The van der Waals surface area contributed by atoms with Crippen LogP contribution in [0.25, 0.3) is 0 Å². The van der Waals surface area contributed by atoms with Crippen LogP contribution in [-0.4, -0.2) is 51.0 Å². The highest BCUT2D eigenvalue weighted by Gasteiger charge is 2.30. The van der Waals surface area contributed by atoms with E-state index in [0.717, 1.165) is 22.3 Å². The molecule has 208 valence electrons. The summed E-state index contributed by atoms with van der Waals surface area (Å²) in [7, 11) is -2.03. The lowest BCUT2D eigenvalue weighted by atomic mass is 10.0. The lowest BCUT2D eigenvalue weighted by Crippen LogP contribution is -2.49. The molecule has 0 heterocycles. The summed E-state index contributed by atoms with van der Waals surface area (Å²) < 4.78 is 26.7. The largest absolute Gasteiger partial charge is 0.357 e. The summed E-state index contributed by atoms with van der Waals surface area (Å²) in [6.45, 7) is 4.10. The van der Waals surface area contributed by atoms with Crippen molar-refractivity contribution in [3.63, 3.8) is 0 Å². The molecular formula is C30H36ClN3O4S. The van der Waals surface area contributed by atoms with Gasteiger partial charge < -0.3 is 10.2 Å².